The molecule has 0 saturated carbocycles. The van der Waals surface area contributed by atoms with Gasteiger partial charge in [-0.1, -0.05) is 318 Å². The summed E-state index contributed by atoms with van der Waals surface area (Å²) in [5.74, 6) is -0.871. The summed E-state index contributed by atoms with van der Waals surface area (Å²) in [4.78, 5) is 38.1. The lowest BCUT2D eigenvalue weighted by Crippen LogP contribution is -2.30. The molecule has 0 spiro atoms. The summed E-state index contributed by atoms with van der Waals surface area (Å²) in [5, 5.41) is 0. The number of hydrogen-bond donors (Lipinski definition) is 0. The van der Waals surface area contributed by atoms with E-state index in [2.05, 4.69) is 93.7 Å². The van der Waals surface area contributed by atoms with Gasteiger partial charge in [0.25, 0.3) is 0 Å². The van der Waals surface area contributed by atoms with E-state index in [4.69, 9.17) is 14.2 Å². The van der Waals surface area contributed by atoms with E-state index in [1.54, 1.807) is 0 Å². The molecule has 464 valence electrons. The Hall–Kier alpha value is -3.15. The van der Waals surface area contributed by atoms with Crippen LogP contribution in [0.2, 0.25) is 0 Å². The highest BCUT2D eigenvalue weighted by Crippen LogP contribution is 2.17. The Kier molecular flexibility index (Phi) is 65.7. The van der Waals surface area contributed by atoms with Crippen molar-refractivity contribution in [1.29, 1.82) is 0 Å². The van der Waals surface area contributed by atoms with Crippen LogP contribution in [0.5, 0.6) is 0 Å². The van der Waals surface area contributed by atoms with Crippen molar-refractivity contribution in [3.8, 4) is 0 Å². The molecule has 0 aromatic heterocycles. The minimum atomic E-state index is -0.774. The number of rotatable bonds is 64. The van der Waals surface area contributed by atoms with Gasteiger partial charge >= 0.3 is 17.9 Å². The summed E-state index contributed by atoms with van der Waals surface area (Å²) in [5.41, 5.74) is 0. The first-order chi connectivity index (χ1) is 39.5. The predicted octanol–water partition coefficient (Wildman–Crippen LogP) is 24.1. The maximum atomic E-state index is 12.9. The predicted molar refractivity (Wildman–Crippen MR) is 348 cm³/mol. The van der Waals surface area contributed by atoms with Crippen molar-refractivity contribution in [2.24, 2.45) is 0 Å². The Labute approximate surface area is 497 Å². The zero-order valence-corrected chi connectivity index (χ0v) is 53.3. The lowest BCUT2D eigenvalue weighted by Gasteiger charge is -2.18. The summed E-state index contributed by atoms with van der Waals surface area (Å²) < 4.78 is 16.8. The fourth-order valence-electron chi connectivity index (χ4n) is 10.2. The van der Waals surface area contributed by atoms with Gasteiger partial charge in [-0.25, -0.2) is 0 Å². The summed E-state index contributed by atoms with van der Waals surface area (Å²) in [7, 11) is 0. The fourth-order valence-corrected chi connectivity index (χ4v) is 10.2. The molecule has 0 amide bonds. The third-order valence-electron chi connectivity index (χ3n) is 15.4. The molecule has 0 aromatic carbocycles. The molecule has 0 aliphatic carbocycles. The van der Waals surface area contributed by atoms with E-state index in [1.807, 2.05) is 0 Å². The van der Waals surface area contributed by atoms with Gasteiger partial charge in [0.2, 0.25) is 0 Å². The third-order valence-corrected chi connectivity index (χ3v) is 15.4. The molecule has 0 heterocycles. The van der Waals surface area contributed by atoms with Crippen LogP contribution in [0.15, 0.2) is 72.9 Å². The second kappa shape index (κ2) is 68.3. The molecule has 6 heteroatoms. The lowest BCUT2D eigenvalue weighted by atomic mass is 10.0. The first kappa shape index (κ1) is 76.9. The van der Waals surface area contributed by atoms with Crippen molar-refractivity contribution < 1.29 is 28.6 Å². The topological polar surface area (TPSA) is 78.9 Å². The minimum absolute atomic E-state index is 0.0738. The smallest absolute Gasteiger partial charge is 0.306 e. The first-order valence-electron chi connectivity index (χ1n) is 34.9. The van der Waals surface area contributed by atoms with Crippen molar-refractivity contribution in [1.82, 2.24) is 0 Å². The Balaban J connectivity index is 4.02. The molecule has 80 heavy (non-hydrogen) atoms. The van der Waals surface area contributed by atoms with Crippen LogP contribution in [0.3, 0.4) is 0 Å². The number of carbonyl (C=O) groups excluding carboxylic acids is 3. The van der Waals surface area contributed by atoms with Crippen LogP contribution in [0, 0.1) is 0 Å². The molecule has 0 bridgehead atoms. The van der Waals surface area contributed by atoms with E-state index in [0.717, 1.165) is 83.5 Å². The molecule has 6 nitrogen and oxygen atoms in total. The molecular formula is C74H132O6. The first-order valence-corrected chi connectivity index (χ1v) is 34.9. The summed E-state index contributed by atoms with van der Waals surface area (Å²) in [6.07, 6.45) is 89.7. The van der Waals surface area contributed by atoms with Crippen LogP contribution in [0.1, 0.15) is 361 Å². The van der Waals surface area contributed by atoms with Gasteiger partial charge in [0, 0.05) is 19.3 Å². The van der Waals surface area contributed by atoms with Crippen molar-refractivity contribution in [3.05, 3.63) is 72.9 Å². The minimum Gasteiger partial charge on any atom is -0.462 e. The van der Waals surface area contributed by atoms with E-state index in [9.17, 15) is 14.4 Å². The van der Waals surface area contributed by atoms with Gasteiger partial charge in [-0.2, -0.15) is 0 Å². The molecule has 0 aromatic rings. The molecule has 0 saturated heterocycles. The van der Waals surface area contributed by atoms with E-state index in [-0.39, 0.29) is 31.1 Å². The zero-order chi connectivity index (χ0) is 57.8. The van der Waals surface area contributed by atoms with E-state index in [0.29, 0.717) is 19.3 Å². The molecule has 0 fully saturated rings. The van der Waals surface area contributed by atoms with E-state index >= 15 is 0 Å². The van der Waals surface area contributed by atoms with Gasteiger partial charge in [-0.05, 0) is 96.3 Å². The molecule has 0 rings (SSSR count). The highest BCUT2D eigenvalue weighted by Gasteiger charge is 2.19. The van der Waals surface area contributed by atoms with Crippen LogP contribution in [0.25, 0.3) is 0 Å². The molecule has 0 aliphatic heterocycles. The van der Waals surface area contributed by atoms with Crippen LogP contribution in [-0.4, -0.2) is 37.2 Å². The van der Waals surface area contributed by atoms with Crippen LogP contribution >= 0.6 is 0 Å². The highest BCUT2D eigenvalue weighted by molar-refractivity contribution is 5.71. The number of esters is 3. The maximum Gasteiger partial charge on any atom is 0.306 e. The Morgan fingerprint density at radius 2 is 0.450 bits per heavy atom. The van der Waals surface area contributed by atoms with Crippen molar-refractivity contribution >= 4 is 17.9 Å². The van der Waals surface area contributed by atoms with Crippen LogP contribution in [-0.2, 0) is 28.6 Å². The largest absolute Gasteiger partial charge is 0.462 e. The number of hydrogen-bond acceptors (Lipinski definition) is 6. The zero-order valence-electron chi connectivity index (χ0n) is 53.3. The second-order valence-corrected chi connectivity index (χ2v) is 23.4. The Morgan fingerprint density at radius 3 is 0.700 bits per heavy atom. The van der Waals surface area contributed by atoms with Gasteiger partial charge < -0.3 is 14.2 Å². The average Bonchev–Trinajstić information content (AvgIpc) is 3.46. The molecular weight excluding hydrogens is 985 g/mol. The van der Waals surface area contributed by atoms with Crippen molar-refractivity contribution in [2.75, 3.05) is 13.2 Å². The van der Waals surface area contributed by atoms with Gasteiger partial charge in [-0.3, -0.25) is 14.4 Å². The van der Waals surface area contributed by atoms with Crippen LogP contribution in [0.4, 0.5) is 0 Å². The van der Waals surface area contributed by atoms with Crippen molar-refractivity contribution in [3.63, 3.8) is 0 Å². The quantitative estimate of drug-likeness (QED) is 0.0261. The van der Waals surface area contributed by atoms with Gasteiger partial charge in [0.05, 0.1) is 0 Å². The molecule has 0 N–H and O–H groups in total. The number of allylic oxidation sites excluding steroid dienone is 12. The summed E-state index contributed by atoms with van der Waals surface area (Å²) >= 11 is 0. The molecule has 0 radical (unpaired) electrons. The summed E-state index contributed by atoms with van der Waals surface area (Å²) in [6, 6.07) is 0. The van der Waals surface area contributed by atoms with Gasteiger partial charge in [0.1, 0.15) is 13.2 Å². The van der Waals surface area contributed by atoms with E-state index < -0.39 is 6.10 Å². The molecule has 1 atom stereocenters. The fraction of sp³-hybridized carbons (Fsp3) is 0.797. The number of carbonyl (C=O) groups is 3. The monoisotopic (exact) mass is 1120 g/mol. The van der Waals surface area contributed by atoms with E-state index in [1.165, 1.54) is 238 Å². The number of unbranched alkanes of at least 4 members (excludes halogenated alkanes) is 41. The normalized spacial score (nSPS) is 12.5. The molecule has 1 unspecified atom stereocenters. The summed E-state index contributed by atoms with van der Waals surface area (Å²) in [6.45, 7) is 6.60. The number of ether oxygens (including phenoxy) is 3. The highest BCUT2D eigenvalue weighted by atomic mass is 16.6. The standard InChI is InChI=1S/C74H132O6/c1-4-7-10-13-16-18-20-22-24-26-28-30-32-34-35-36-37-38-39-41-42-44-46-48-50-52-54-56-58-61-64-67-73(76)79-70-71(69-78-72(75)66-63-60-15-12-9-6-3)80-74(77)68-65-62-59-57-55-53-51-49-47-45-43-40-33-31-29-27-25-23-21-19-17-14-11-8-5-2/h20-23,26-29,32-34,40,71H,4-19,24-25,30-31,35-39,41-70H2,1-3H3/b22-20-,23-21-,28-26-,29-27-,34-32-,40-33-. The average molecular weight is 1120 g/mol. The maximum absolute atomic E-state index is 12.9. The Bertz CT molecular complexity index is 1470. The molecule has 0 aliphatic rings. The lowest BCUT2D eigenvalue weighted by molar-refractivity contribution is -0.167. The van der Waals surface area contributed by atoms with Crippen LogP contribution < -0.4 is 0 Å². The Morgan fingerprint density at radius 1 is 0.250 bits per heavy atom. The van der Waals surface area contributed by atoms with Gasteiger partial charge in [-0.15, -0.1) is 0 Å². The van der Waals surface area contributed by atoms with Crippen molar-refractivity contribution in [2.45, 2.75) is 367 Å². The third kappa shape index (κ3) is 65.7. The SMILES string of the molecule is CCCCCCC/C=C\C/C=C\C/C=C\CCCCCCCCCCCCCCCCCCC(=O)OCC(COC(=O)CCCCCCCC)OC(=O)CCCCCCCCCCCC/C=C\C/C=C\C/C=C\CCCCCCC. The second-order valence-electron chi connectivity index (χ2n) is 23.4. The van der Waals surface area contributed by atoms with Gasteiger partial charge in [0.15, 0.2) is 6.10 Å².